The number of carbonyl (C=O) groups is 3. The van der Waals surface area contributed by atoms with E-state index in [0.717, 1.165) is 6.54 Å². The highest BCUT2D eigenvalue weighted by atomic mass is 16.2. The molecule has 0 bridgehead atoms. The molecule has 1 rings (SSSR count). The van der Waals surface area contributed by atoms with E-state index in [1.807, 2.05) is 11.8 Å². The van der Waals surface area contributed by atoms with E-state index in [1.165, 1.54) is 7.05 Å². The van der Waals surface area contributed by atoms with Crippen LogP contribution < -0.4 is 21.3 Å². The van der Waals surface area contributed by atoms with Gasteiger partial charge in [0, 0.05) is 46.2 Å². The van der Waals surface area contributed by atoms with Crippen LogP contribution in [-0.4, -0.2) is 68.6 Å². The number of piperazine rings is 1. The Labute approximate surface area is 118 Å². The monoisotopic (exact) mass is 285 g/mol. The van der Waals surface area contributed by atoms with Crippen molar-refractivity contribution in [2.24, 2.45) is 0 Å². The first-order valence-electron chi connectivity index (χ1n) is 6.82. The molecule has 1 aliphatic rings. The molecule has 20 heavy (non-hydrogen) atoms. The average molecular weight is 285 g/mol. The van der Waals surface area contributed by atoms with Crippen molar-refractivity contribution in [3.05, 3.63) is 0 Å². The van der Waals surface area contributed by atoms with Crippen LogP contribution >= 0.6 is 0 Å². The maximum Gasteiger partial charge on any atom is 0.321 e. The number of urea groups is 1. The minimum atomic E-state index is -0.518. The molecule has 1 atom stereocenters. The van der Waals surface area contributed by atoms with Gasteiger partial charge in [-0.25, -0.2) is 4.79 Å². The Morgan fingerprint density at radius 2 is 2.10 bits per heavy atom. The van der Waals surface area contributed by atoms with Crippen molar-refractivity contribution in [2.75, 3.05) is 39.8 Å². The number of hydrogen-bond donors (Lipinski definition) is 4. The van der Waals surface area contributed by atoms with Gasteiger partial charge in [0.15, 0.2) is 0 Å². The molecular formula is C12H23N5O3. The smallest absolute Gasteiger partial charge is 0.321 e. The van der Waals surface area contributed by atoms with Gasteiger partial charge in [0.05, 0.1) is 0 Å². The van der Waals surface area contributed by atoms with E-state index in [1.54, 1.807) is 0 Å². The molecule has 0 aliphatic carbocycles. The average Bonchev–Trinajstić information content (AvgIpc) is 2.45. The molecule has 1 fully saturated rings. The van der Waals surface area contributed by atoms with Crippen molar-refractivity contribution < 1.29 is 14.4 Å². The van der Waals surface area contributed by atoms with Crippen molar-refractivity contribution in [3.63, 3.8) is 0 Å². The van der Waals surface area contributed by atoms with Gasteiger partial charge in [0.25, 0.3) is 0 Å². The Balaban J connectivity index is 2.44. The van der Waals surface area contributed by atoms with Crippen LogP contribution in [-0.2, 0) is 9.59 Å². The topological polar surface area (TPSA) is 103 Å². The second kappa shape index (κ2) is 8.49. The second-order valence-corrected chi connectivity index (χ2v) is 4.53. The zero-order chi connectivity index (χ0) is 15.0. The van der Waals surface area contributed by atoms with Crippen LogP contribution in [0, 0.1) is 0 Å². The Morgan fingerprint density at radius 1 is 1.35 bits per heavy atom. The van der Waals surface area contributed by atoms with Crippen LogP contribution in [0.3, 0.4) is 0 Å². The maximum absolute atomic E-state index is 11.9. The molecule has 4 amide bonds. The molecule has 8 nitrogen and oxygen atoms in total. The number of amides is 4. The summed E-state index contributed by atoms with van der Waals surface area (Å²) < 4.78 is 0. The molecule has 1 unspecified atom stereocenters. The third-order valence-corrected chi connectivity index (χ3v) is 3.11. The molecule has 0 aromatic heterocycles. The molecule has 0 spiro atoms. The molecule has 0 aromatic rings. The molecule has 0 aromatic carbocycles. The number of nitrogens with one attached hydrogen (secondary N) is 4. The fourth-order valence-corrected chi connectivity index (χ4v) is 2.06. The van der Waals surface area contributed by atoms with Gasteiger partial charge in [0.1, 0.15) is 6.04 Å². The summed E-state index contributed by atoms with van der Waals surface area (Å²) in [7, 11) is 1.45. The lowest BCUT2D eigenvalue weighted by molar-refractivity contribution is -0.128. The summed E-state index contributed by atoms with van der Waals surface area (Å²) in [6.45, 7) is 4.97. The van der Waals surface area contributed by atoms with E-state index >= 15 is 0 Å². The summed E-state index contributed by atoms with van der Waals surface area (Å²) in [5, 5.41) is 10.5. The molecule has 1 saturated heterocycles. The fourth-order valence-electron chi connectivity index (χ4n) is 2.06. The summed E-state index contributed by atoms with van der Waals surface area (Å²) in [5.74, 6) is -0.385. The van der Waals surface area contributed by atoms with Crippen LogP contribution in [0.5, 0.6) is 0 Å². The van der Waals surface area contributed by atoms with Crippen molar-refractivity contribution in [1.82, 2.24) is 26.2 Å². The molecule has 114 valence electrons. The Morgan fingerprint density at radius 3 is 2.75 bits per heavy atom. The SMILES string of the molecule is CCNC(=O)C1CNCCN1CCC(=O)NC(=O)NC. The van der Waals surface area contributed by atoms with Gasteiger partial charge in [-0.2, -0.15) is 0 Å². The summed E-state index contributed by atoms with van der Waals surface area (Å²) in [6.07, 6.45) is 0.184. The van der Waals surface area contributed by atoms with E-state index in [4.69, 9.17) is 0 Å². The lowest BCUT2D eigenvalue weighted by Crippen LogP contribution is -2.58. The highest BCUT2D eigenvalue weighted by Crippen LogP contribution is 2.04. The van der Waals surface area contributed by atoms with Crippen LogP contribution in [0.1, 0.15) is 13.3 Å². The number of carbonyl (C=O) groups excluding carboxylic acids is 3. The van der Waals surface area contributed by atoms with Crippen LogP contribution in [0.4, 0.5) is 4.79 Å². The molecular weight excluding hydrogens is 262 g/mol. The molecule has 8 heteroatoms. The van der Waals surface area contributed by atoms with Crippen LogP contribution in [0.2, 0.25) is 0 Å². The molecule has 0 saturated carbocycles. The summed E-state index contributed by atoms with van der Waals surface area (Å²) in [5.41, 5.74) is 0. The van der Waals surface area contributed by atoms with Gasteiger partial charge < -0.3 is 16.0 Å². The molecule has 4 N–H and O–H groups in total. The number of likely N-dealkylation sites (N-methyl/N-ethyl adjacent to an activating group) is 1. The zero-order valence-corrected chi connectivity index (χ0v) is 12.0. The lowest BCUT2D eigenvalue weighted by Gasteiger charge is -2.34. The first kappa shape index (κ1) is 16.4. The highest BCUT2D eigenvalue weighted by Gasteiger charge is 2.28. The Kier molecular flexibility index (Phi) is 6.96. The van der Waals surface area contributed by atoms with E-state index in [2.05, 4.69) is 21.3 Å². The highest BCUT2D eigenvalue weighted by molar-refractivity contribution is 5.94. The standard InChI is InChI=1S/C12H23N5O3/c1-3-15-11(19)9-8-14-5-7-17(9)6-4-10(18)16-12(20)13-2/h9,14H,3-8H2,1-2H3,(H,15,19)(H2,13,16,18,20). The van der Waals surface area contributed by atoms with Crippen molar-refractivity contribution in [1.29, 1.82) is 0 Å². The maximum atomic E-state index is 11.9. The lowest BCUT2D eigenvalue weighted by atomic mass is 10.1. The van der Waals surface area contributed by atoms with Gasteiger partial charge in [-0.05, 0) is 6.92 Å². The largest absolute Gasteiger partial charge is 0.355 e. The number of hydrogen-bond acceptors (Lipinski definition) is 5. The molecule has 0 radical (unpaired) electrons. The predicted molar refractivity (Wildman–Crippen MR) is 74.1 cm³/mol. The third-order valence-electron chi connectivity index (χ3n) is 3.11. The quantitative estimate of drug-likeness (QED) is 0.479. The predicted octanol–water partition coefficient (Wildman–Crippen LogP) is -1.76. The first-order chi connectivity index (χ1) is 9.58. The van der Waals surface area contributed by atoms with E-state index in [0.29, 0.717) is 26.2 Å². The van der Waals surface area contributed by atoms with Crippen molar-refractivity contribution in [2.45, 2.75) is 19.4 Å². The van der Waals surface area contributed by atoms with Gasteiger partial charge in [-0.3, -0.25) is 19.8 Å². The fraction of sp³-hybridized carbons (Fsp3) is 0.750. The second-order valence-electron chi connectivity index (χ2n) is 4.53. The third kappa shape index (κ3) is 5.14. The number of imide groups is 1. The number of rotatable bonds is 5. The first-order valence-corrected chi connectivity index (χ1v) is 6.82. The molecule has 1 heterocycles. The van der Waals surface area contributed by atoms with Gasteiger partial charge in [0.2, 0.25) is 11.8 Å². The summed E-state index contributed by atoms with van der Waals surface area (Å²) >= 11 is 0. The van der Waals surface area contributed by atoms with E-state index < -0.39 is 6.03 Å². The van der Waals surface area contributed by atoms with E-state index in [-0.39, 0.29) is 24.3 Å². The van der Waals surface area contributed by atoms with Crippen molar-refractivity contribution in [3.8, 4) is 0 Å². The zero-order valence-electron chi connectivity index (χ0n) is 12.0. The Bertz CT molecular complexity index is 361. The van der Waals surface area contributed by atoms with Gasteiger partial charge in [-0.15, -0.1) is 0 Å². The minimum absolute atomic E-state index is 0.0357. The minimum Gasteiger partial charge on any atom is -0.355 e. The Hall–Kier alpha value is -1.67. The van der Waals surface area contributed by atoms with Crippen LogP contribution in [0.25, 0.3) is 0 Å². The number of nitrogens with zero attached hydrogens (tertiary/aromatic N) is 1. The van der Waals surface area contributed by atoms with Gasteiger partial charge in [-0.1, -0.05) is 0 Å². The van der Waals surface area contributed by atoms with Crippen molar-refractivity contribution >= 4 is 17.8 Å². The van der Waals surface area contributed by atoms with E-state index in [9.17, 15) is 14.4 Å². The summed E-state index contributed by atoms with van der Waals surface area (Å²) in [6, 6.07) is -0.785. The summed E-state index contributed by atoms with van der Waals surface area (Å²) in [4.78, 5) is 36.4. The van der Waals surface area contributed by atoms with Gasteiger partial charge >= 0.3 is 6.03 Å². The molecule has 1 aliphatic heterocycles. The van der Waals surface area contributed by atoms with Crippen LogP contribution in [0.15, 0.2) is 0 Å². The normalized spacial score (nSPS) is 19.2.